The molecule has 6 nitrogen and oxygen atoms in total. The normalized spacial score (nSPS) is 13.9. The highest BCUT2D eigenvalue weighted by atomic mass is 32.2. The van der Waals surface area contributed by atoms with E-state index in [0.29, 0.717) is 22.1 Å². The number of carbonyl (C=O) groups is 2. The van der Waals surface area contributed by atoms with Crippen molar-refractivity contribution in [1.29, 1.82) is 0 Å². The highest BCUT2D eigenvalue weighted by molar-refractivity contribution is 8.00. The number of amides is 1. The van der Waals surface area contributed by atoms with Gasteiger partial charge in [-0.2, -0.15) is 0 Å². The third kappa shape index (κ3) is 4.70. The van der Waals surface area contributed by atoms with Gasteiger partial charge in [0, 0.05) is 9.77 Å². The van der Waals surface area contributed by atoms with E-state index in [1.807, 2.05) is 25.1 Å². The van der Waals surface area contributed by atoms with Crippen molar-refractivity contribution in [2.75, 3.05) is 26.6 Å². The van der Waals surface area contributed by atoms with Gasteiger partial charge in [-0.15, -0.1) is 23.1 Å². The van der Waals surface area contributed by atoms with Gasteiger partial charge >= 0.3 is 5.97 Å². The predicted molar refractivity (Wildman–Crippen MR) is 116 cm³/mol. The Kier molecular flexibility index (Phi) is 7.08. The van der Waals surface area contributed by atoms with E-state index in [-0.39, 0.29) is 17.1 Å². The van der Waals surface area contributed by atoms with Crippen molar-refractivity contribution in [1.82, 2.24) is 0 Å². The number of ether oxygens (including phenoxy) is 3. The zero-order chi connectivity index (χ0) is 21.0. The van der Waals surface area contributed by atoms with Gasteiger partial charge in [0.1, 0.15) is 5.00 Å². The first kappa shape index (κ1) is 21.5. The second kappa shape index (κ2) is 9.54. The number of carbonyl (C=O) groups excluding carboxylic acids is 2. The molecule has 3 rings (SSSR count). The van der Waals surface area contributed by atoms with Crippen LogP contribution in [0.1, 0.15) is 40.6 Å². The Morgan fingerprint density at radius 1 is 1.10 bits per heavy atom. The molecular weight excluding hydrogens is 410 g/mol. The number of nitrogens with one attached hydrogen (secondary N) is 1. The van der Waals surface area contributed by atoms with Gasteiger partial charge in [-0.3, -0.25) is 4.79 Å². The topological polar surface area (TPSA) is 73.9 Å². The number of thiophene rings is 1. The lowest BCUT2D eigenvalue weighted by atomic mass is 9.95. The van der Waals surface area contributed by atoms with E-state index in [2.05, 4.69) is 5.32 Å². The van der Waals surface area contributed by atoms with E-state index in [0.717, 1.165) is 36.1 Å². The summed E-state index contributed by atoms with van der Waals surface area (Å²) in [5.74, 6) is 0.707. The molecule has 0 saturated carbocycles. The van der Waals surface area contributed by atoms with Crippen LogP contribution in [-0.4, -0.2) is 38.5 Å². The number of methoxy groups -OCH3 is 3. The third-order valence-corrected chi connectivity index (χ3v) is 7.14. The van der Waals surface area contributed by atoms with E-state index >= 15 is 0 Å². The average Bonchev–Trinajstić information content (AvgIpc) is 3.10. The molecule has 0 unspecified atom stereocenters. The van der Waals surface area contributed by atoms with Gasteiger partial charge in [-0.05, 0) is 56.4 Å². The first-order valence-corrected chi connectivity index (χ1v) is 11.1. The van der Waals surface area contributed by atoms with Crippen LogP contribution in [-0.2, 0) is 22.4 Å². The monoisotopic (exact) mass is 435 g/mol. The molecular formula is C21H25NO5S2. The van der Waals surface area contributed by atoms with Crippen LogP contribution in [0.5, 0.6) is 11.5 Å². The van der Waals surface area contributed by atoms with Gasteiger partial charge in [0.15, 0.2) is 11.5 Å². The molecule has 0 saturated heterocycles. The summed E-state index contributed by atoms with van der Waals surface area (Å²) < 4.78 is 15.6. The molecule has 0 spiro atoms. The minimum Gasteiger partial charge on any atom is -0.493 e. The zero-order valence-corrected chi connectivity index (χ0v) is 18.6. The number of anilines is 1. The standard InChI is InChI=1S/C21H25NO5S2/c1-12(28-13-9-10-15(25-2)16(11-13)26-3)19(23)22-20-18(21(24)27-4)14-7-5-6-8-17(14)29-20/h9-12H,5-8H2,1-4H3,(H,22,23)/t12-/m0/s1. The first-order valence-electron chi connectivity index (χ1n) is 9.40. The summed E-state index contributed by atoms with van der Waals surface area (Å²) in [4.78, 5) is 27.2. The largest absolute Gasteiger partial charge is 0.493 e. The number of benzene rings is 1. The van der Waals surface area contributed by atoms with Crippen LogP contribution in [0, 0.1) is 0 Å². The molecule has 1 heterocycles. The molecule has 0 bridgehead atoms. The molecule has 0 aliphatic heterocycles. The van der Waals surface area contributed by atoms with E-state index in [1.54, 1.807) is 14.2 Å². The first-order chi connectivity index (χ1) is 14.0. The van der Waals surface area contributed by atoms with E-state index in [4.69, 9.17) is 14.2 Å². The average molecular weight is 436 g/mol. The fraction of sp³-hybridized carbons (Fsp3) is 0.429. The number of aryl methyl sites for hydroxylation is 1. The maximum atomic E-state index is 12.8. The van der Waals surface area contributed by atoms with Crippen LogP contribution in [0.25, 0.3) is 0 Å². The molecule has 1 atom stereocenters. The summed E-state index contributed by atoms with van der Waals surface area (Å²) in [7, 11) is 4.53. The Morgan fingerprint density at radius 3 is 2.52 bits per heavy atom. The molecule has 2 aromatic rings. The SMILES string of the molecule is COC(=O)c1c(NC(=O)[C@H](C)Sc2ccc(OC)c(OC)c2)sc2c1CCCC2. The summed E-state index contributed by atoms with van der Waals surface area (Å²) >= 11 is 2.91. The van der Waals surface area contributed by atoms with E-state index in [9.17, 15) is 9.59 Å². The van der Waals surface area contributed by atoms with Crippen molar-refractivity contribution in [3.8, 4) is 11.5 Å². The third-order valence-electron chi connectivity index (χ3n) is 4.83. The maximum absolute atomic E-state index is 12.8. The Morgan fingerprint density at radius 2 is 1.83 bits per heavy atom. The maximum Gasteiger partial charge on any atom is 0.341 e. The molecule has 1 aliphatic rings. The molecule has 1 aromatic heterocycles. The molecule has 1 amide bonds. The fourth-order valence-corrected chi connectivity index (χ4v) is 5.51. The quantitative estimate of drug-likeness (QED) is 0.508. The van der Waals surface area contributed by atoms with Crippen LogP contribution in [0.3, 0.4) is 0 Å². The Bertz CT molecular complexity index is 909. The smallest absolute Gasteiger partial charge is 0.341 e. The lowest BCUT2D eigenvalue weighted by Crippen LogP contribution is -2.23. The summed E-state index contributed by atoms with van der Waals surface area (Å²) in [5.41, 5.74) is 1.55. The molecule has 0 radical (unpaired) electrons. The van der Waals surface area contributed by atoms with Gasteiger partial charge in [-0.25, -0.2) is 4.79 Å². The summed E-state index contributed by atoms with van der Waals surface area (Å²) in [6, 6.07) is 5.55. The van der Waals surface area contributed by atoms with Crippen molar-refractivity contribution < 1.29 is 23.8 Å². The lowest BCUT2D eigenvalue weighted by Gasteiger charge is -2.14. The molecule has 1 aliphatic carbocycles. The molecule has 156 valence electrons. The van der Waals surface area contributed by atoms with Gasteiger partial charge < -0.3 is 19.5 Å². The van der Waals surface area contributed by atoms with Crippen molar-refractivity contribution in [2.45, 2.75) is 42.8 Å². The van der Waals surface area contributed by atoms with Crippen molar-refractivity contribution >= 4 is 40.0 Å². The van der Waals surface area contributed by atoms with Gasteiger partial charge in [0.25, 0.3) is 0 Å². The Labute approximate surface area is 178 Å². The minimum atomic E-state index is -0.389. The fourth-order valence-electron chi connectivity index (χ4n) is 3.33. The van der Waals surface area contributed by atoms with Gasteiger partial charge in [0.2, 0.25) is 5.91 Å². The van der Waals surface area contributed by atoms with Crippen LogP contribution in [0.2, 0.25) is 0 Å². The molecule has 29 heavy (non-hydrogen) atoms. The van der Waals surface area contributed by atoms with Crippen molar-refractivity contribution in [2.24, 2.45) is 0 Å². The van der Waals surface area contributed by atoms with E-state index < -0.39 is 0 Å². The van der Waals surface area contributed by atoms with Crippen molar-refractivity contribution in [3.05, 3.63) is 34.2 Å². The van der Waals surface area contributed by atoms with Crippen molar-refractivity contribution in [3.63, 3.8) is 0 Å². The highest BCUT2D eigenvalue weighted by Crippen LogP contribution is 2.39. The van der Waals surface area contributed by atoms with E-state index in [1.165, 1.54) is 35.1 Å². The number of esters is 1. The summed E-state index contributed by atoms with van der Waals surface area (Å²) in [5, 5.41) is 3.18. The van der Waals surface area contributed by atoms with Crippen LogP contribution in [0.15, 0.2) is 23.1 Å². The summed E-state index contributed by atoms with van der Waals surface area (Å²) in [6.45, 7) is 1.84. The number of fused-ring (bicyclic) bond motifs is 1. The van der Waals surface area contributed by atoms with Gasteiger partial charge in [0.05, 0.1) is 32.1 Å². The van der Waals surface area contributed by atoms with Crippen LogP contribution < -0.4 is 14.8 Å². The second-order valence-electron chi connectivity index (χ2n) is 6.67. The lowest BCUT2D eigenvalue weighted by molar-refractivity contribution is -0.115. The predicted octanol–water partition coefficient (Wildman–Crippen LogP) is 4.55. The Hall–Kier alpha value is -2.19. The molecule has 1 N–H and O–H groups in total. The molecule has 0 fully saturated rings. The number of hydrogen-bond donors (Lipinski definition) is 1. The minimum absolute atomic E-state index is 0.159. The second-order valence-corrected chi connectivity index (χ2v) is 9.19. The van der Waals surface area contributed by atoms with Gasteiger partial charge in [-0.1, -0.05) is 0 Å². The number of hydrogen-bond acceptors (Lipinski definition) is 7. The van der Waals surface area contributed by atoms with Crippen LogP contribution >= 0.6 is 23.1 Å². The van der Waals surface area contributed by atoms with Crippen LogP contribution in [0.4, 0.5) is 5.00 Å². The number of rotatable bonds is 7. The zero-order valence-electron chi connectivity index (χ0n) is 17.0. The summed E-state index contributed by atoms with van der Waals surface area (Å²) in [6.07, 6.45) is 3.94. The molecule has 1 aromatic carbocycles. The molecule has 8 heteroatoms. The highest BCUT2D eigenvalue weighted by Gasteiger charge is 2.28. The number of thioether (sulfide) groups is 1. The Balaban J connectivity index is 1.76.